The zero-order valence-electron chi connectivity index (χ0n) is 18.6. The van der Waals surface area contributed by atoms with Crippen LogP contribution in [0.4, 0.5) is 5.69 Å². The molecule has 7 heteroatoms. The highest BCUT2D eigenvalue weighted by Gasteiger charge is 2.29. The predicted octanol–water partition coefficient (Wildman–Crippen LogP) is 5.71. The molecule has 4 rings (SSSR count). The van der Waals surface area contributed by atoms with Gasteiger partial charge in [0.15, 0.2) is 4.34 Å². The van der Waals surface area contributed by atoms with E-state index in [-0.39, 0.29) is 17.7 Å². The summed E-state index contributed by atoms with van der Waals surface area (Å²) >= 11 is 3.27. The molecule has 2 heterocycles. The van der Waals surface area contributed by atoms with E-state index >= 15 is 0 Å². The van der Waals surface area contributed by atoms with Crippen LogP contribution in [0.15, 0.2) is 57.1 Å². The molecular weight excluding hydrogens is 438 g/mol. The Morgan fingerprint density at radius 3 is 2.59 bits per heavy atom. The van der Waals surface area contributed by atoms with Crippen molar-refractivity contribution in [2.75, 3.05) is 18.4 Å². The Morgan fingerprint density at radius 1 is 1.12 bits per heavy atom. The fourth-order valence-corrected chi connectivity index (χ4v) is 5.72. The first-order valence-electron chi connectivity index (χ1n) is 10.8. The topological polar surface area (TPSA) is 62.3 Å². The predicted molar refractivity (Wildman–Crippen MR) is 131 cm³/mol. The van der Waals surface area contributed by atoms with Gasteiger partial charge in [-0.1, -0.05) is 29.5 Å². The Bertz CT molecular complexity index is 1120. The smallest absolute Gasteiger partial charge is 0.253 e. The van der Waals surface area contributed by atoms with Gasteiger partial charge in [0.2, 0.25) is 5.91 Å². The number of nitrogens with one attached hydrogen (secondary N) is 1. The quantitative estimate of drug-likeness (QED) is 0.524. The van der Waals surface area contributed by atoms with Gasteiger partial charge in [0.25, 0.3) is 5.91 Å². The molecule has 1 unspecified atom stereocenters. The molecule has 5 nitrogen and oxygen atoms in total. The summed E-state index contributed by atoms with van der Waals surface area (Å²) in [5.74, 6) is -0.229. The van der Waals surface area contributed by atoms with E-state index in [1.54, 1.807) is 28.0 Å². The van der Waals surface area contributed by atoms with E-state index in [1.807, 2.05) is 62.5 Å². The maximum Gasteiger partial charge on any atom is 0.253 e. The molecule has 1 atom stereocenters. The van der Waals surface area contributed by atoms with E-state index < -0.39 is 0 Å². The van der Waals surface area contributed by atoms with Crippen LogP contribution in [0.2, 0.25) is 0 Å². The van der Waals surface area contributed by atoms with Crippen LogP contribution in [0.25, 0.3) is 0 Å². The summed E-state index contributed by atoms with van der Waals surface area (Å²) in [5, 5.41) is 5.13. The number of nitrogens with zero attached hydrogens (tertiary/aromatic N) is 2. The first kappa shape index (κ1) is 22.6. The van der Waals surface area contributed by atoms with Gasteiger partial charge in [-0.2, -0.15) is 0 Å². The molecule has 1 aliphatic rings. The van der Waals surface area contributed by atoms with Crippen LogP contribution in [-0.2, 0) is 4.79 Å². The average molecular weight is 466 g/mol. The van der Waals surface area contributed by atoms with E-state index in [1.165, 1.54) is 0 Å². The normalized spacial score (nSPS) is 16.1. The van der Waals surface area contributed by atoms with Crippen molar-refractivity contribution < 1.29 is 9.59 Å². The van der Waals surface area contributed by atoms with Crippen LogP contribution >= 0.6 is 23.1 Å². The third-order valence-electron chi connectivity index (χ3n) is 5.64. The molecule has 0 bridgehead atoms. The van der Waals surface area contributed by atoms with Crippen molar-refractivity contribution in [3.05, 3.63) is 70.2 Å². The van der Waals surface area contributed by atoms with Gasteiger partial charge in [-0.05, 0) is 69.5 Å². The zero-order valence-corrected chi connectivity index (χ0v) is 20.2. The van der Waals surface area contributed by atoms with Gasteiger partial charge in [0.05, 0.1) is 5.92 Å². The molecule has 1 aromatic heterocycles. The van der Waals surface area contributed by atoms with E-state index in [4.69, 9.17) is 0 Å². The Kier molecular flexibility index (Phi) is 6.96. The van der Waals surface area contributed by atoms with Crippen LogP contribution in [0.1, 0.15) is 40.0 Å². The summed E-state index contributed by atoms with van der Waals surface area (Å²) in [4.78, 5) is 33.3. The summed E-state index contributed by atoms with van der Waals surface area (Å²) in [6.07, 6.45) is 1.62. The van der Waals surface area contributed by atoms with Crippen LogP contribution in [0.5, 0.6) is 0 Å². The van der Waals surface area contributed by atoms with Crippen molar-refractivity contribution in [2.45, 2.75) is 42.8 Å². The molecule has 32 heavy (non-hydrogen) atoms. The number of hydrogen-bond donors (Lipinski definition) is 1. The minimum absolute atomic E-state index is 0.00233. The van der Waals surface area contributed by atoms with Crippen molar-refractivity contribution in [1.82, 2.24) is 9.88 Å². The third kappa shape index (κ3) is 5.40. The fourth-order valence-electron chi connectivity index (χ4n) is 3.81. The second kappa shape index (κ2) is 9.88. The highest BCUT2D eigenvalue weighted by atomic mass is 32.2. The lowest BCUT2D eigenvalue weighted by molar-refractivity contribution is -0.121. The number of aromatic nitrogens is 1. The summed E-state index contributed by atoms with van der Waals surface area (Å²) in [6, 6.07) is 13.6. The minimum Gasteiger partial charge on any atom is -0.338 e. The number of aryl methyl sites for hydroxylation is 3. The van der Waals surface area contributed by atoms with Crippen molar-refractivity contribution in [1.29, 1.82) is 0 Å². The largest absolute Gasteiger partial charge is 0.338 e. The molecule has 0 saturated carbocycles. The van der Waals surface area contributed by atoms with Crippen molar-refractivity contribution >= 4 is 40.6 Å². The molecule has 1 N–H and O–H groups in total. The Balaban J connectivity index is 1.38. The number of hydrogen-bond acceptors (Lipinski definition) is 5. The van der Waals surface area contributed by atoms with Gasteiger partial charge in [0.1, 0.15) is 0 Å². The molecule has 1 saturated heterocycles. The Hall–Kier alpha value is -2.64. The highest BCUT2D eigenvalue weighted by Crippen LogP contribution is 2.32. The number of carbonyl (C=O) groups is 2. The summed E-state index contributed by atoms with van der Waals surface area (Å²) < 4.78 is 1.01. The maximum atomic E-state index is 13.0. The molecular formula is C25H27N3O2S2. The average Bonchev–Trinajstić information content (AvgIpc) is 3.20. The lowest BCUT2D eigenvalue weighted by Crippen LogP contribution is -2.43. The molecule has 2 amide bonds. The molecule has 1 aliphatic heterocycles. The van der Waals surface area contributed by atoms with E-state index in [2.05, 4.69) is 16.4 Å². The van der Waals surface area contributed by atoms with Gasteiger partial charge < -0.3 is 10.2 Å². The number of amides is 2. The second-order valence-electron chi connectivity index (χ2n) is 8.28. The Morgan fingerprint density at radius 2 is 1.91 bits per heavy atom. The molecule has 0 spiro atoms. The molecule has 166 valence electrons. The van der Waals surface area contributed by atoms with Crippen molar-refractivity contribution in [3.63, 3.8) is 0 Å². The molecule has 2 aromatic carbocycles. The maximum absolute atomic E-state index is 13.0. The zero-order chi connectivity index (χ0) is 22.7. The lowest BCUT2D eigenvalue weighted by atomic mass is 9.96. The van der Waals surface area contributed by atoms with Gasteiger partial charge in [0, 0.05) is 40.3 Å². The van der Waals surface area contributed by atoms with Crippen LogP contribution < -0.4 is 5.32 Å². The minimum atomic E-state index is -0.204. The number of likely N-dealkylation sites (tertiary alicyclic amines) is 1. The molecule has 1 fully saturated rings. The number of carbonyl (C=O) groups excluding carboxylic acids is 2. The first-order chi connectivity index (χ1) is 15.4. The van der Waals surface area contributed by atoms with Crippen LogP contribution in [-0.4, -0.2) is 34.8 Å². The number of thiazole rings is 1. The number of rotatable bonds is 5. The SMILES string of the molecule is Cc1ccc(C(=O)N2CCCC(C(=O)Nc3ccc(Sc4nc(C)cs4)cc3C)C2)cc1. The van der Waals surface area contributed by atoms with Crippen LogP contribution in [0, 0.1) is 26.7 Å². The van der Waals surface area contributed by atoms with Gasteiger partial charge in [-0.15, -0.1) is 11.3 Å². The van der Waals surface area contributed by atoms with Gasteiger partial charge in [-0.25, -0.2) is 4.98 Å². The van der Waals surface area contributed by atoms with Crippen LogP contribution in [0.3, 0.4) is 0 Å². The number of piperidine rings is 1. The monoisotopic (exact) mass is 465 g/mol. The summed E-state index contributed by atoms with van der Waals surface area (Å²) in [7, 11) is 0. The van der Waals surface area contributed by atoms with Gasteiger partial charge in [-0.3, -0.25) is 9.59 Å². The molecule has 3 aromatic rings. The van der Waals surface area contributed by atoms with Crippen molar-refractivity contribution in [3.8, 4) is 0 Å². The second-order valence-corrected chi connectivity index (χ2v) is 10.5. The fraction of sp³-hybridized carbons (Fsp3) is 0.320. The van der Waals surface area contributed by atoms with Crippen molar-refractivity contribution in [2.24, 2.45) is 5.92 Å². The highest BCUT2D eigenvalue weighted by molar-refractivity contribution is 8.01. The summed E-state index contributed by atoms with van der Waals surface area (Å²) in [5.41, 5.74) is 4.66. The Labute approximate surface area is 197 Å². The van der Waals surface area contributed by atoms with Gasteiger partial charge >= 0.3 is 0 Å². The molecule has 0 radical (unpaired) electrons. The lowest BCUT2D eigenvalue weighted by Gasteiger charge is -2.32. The first-order valence-corrected chi connectivity index (χ1v) is 12.5. The van der Waals surface area contributed by atoms with E-state index in [0.29, 0.717) is 18.7 Å². The number of benzene rings is 2. The summed E-state index contributed by atoms with van der Waals surface area (Å²) in [6.45, 7) is 7.14. The standard InChI is InChI=1S/C25H27N3O2S2/c1-16-6-8-19(9-7-16)24(30)28-12-4-5-20(14-28)23(29)27-22-11-10-21(13-17(22)2)32-25-26-18(3)15-31-25/h6-11,13,15,20H,4-5,12,14H2,1-3H3,(H,27,29). The molecule has 0 aliphatic carbocycles. The van der Waals surface area contributed by atoms with E-state index in [9.17, 15) is 9.59 Å². The third-order valence-corrected chi connectivity index (χ3v) is 7.68. The van der Waals surface area contributed by atoms with E-state index in [0.717, 1.165) is 44.6 Å². The number of anilines is 1.